The van der Waals surface area contributed by atoms with Crippen LogP contribution in [0.25, 0.3) is 0 Å². The summed E-state index contributed by atoms with van der Waals surface area (Å²) < 4.78 is 1.80. The number of hydrogen-bond donors (Lipinski definition) is 2. The van der Waals surface area contributed by atoms with Crippen molar-refractivity contribution in [3.63, 3.8) is 0 Å². The highest BCUT2D eigenvalue weighted by molar-refractivity contribution is 5.66. The van der Waals surface area contributed by atoms with E-state index in [4.69, 9.17) is 10.8 Å². The third kappa shape index (κ3) is 3.15. The van der Waals surface area contributed by atoms with Crippen molar-refractivity contribution in [3.8, 4) is 0 Å². The first kappa shape index (κ1) is 12.4. The summed E-state index contributed by atoms with van der Waals surface area (Å²) in [6, 6.07) is 0. The predicted molar refractivity (Wildman–Crippen MR) is 62.5 cm³/mol. The Morgan fingerprint density at radius 2 is 2.25 bits per heavy atom. The molecule has 6 nitrogen and oxygen atoms in total. The van der Waals surface area contributed by atoms with Crippen molar-refractivity contribution in [3.05, 3.63) is 6.20 Å². The van der Waals surface area contributed by atoms with Crippen molar-refractivity contribution >= 4 is 17.5 Å². The molecular formula is C10H18N4O2. The molecule has 0 spiro atoms. The lowest BCUT2D eigenvalue weighted by atomic mass is 10.2. The van der Waals surface area contributed by atoms with Crippen LogP contribution in [0.1, 0.15) is 19.3 Å². The van der Waals surface area contributed by atoms with Gasteiger partial charge in [0, 0.05) is 27.1 Å². The number of nitrogen functional groups attached to an aromatic ring is 1. The average molecular weight is 226 g/mol. The van der Waals surface area contributed by atoms with E-state index in [1.54, 1.807) is 10.9 Å². The third-order valence-corrected chi connectivity index (χ3v) is 2.27. The number of carboxylic acid groups (broad SMARTS) is 1. The second-order valence-electron chi connectivity index (χ2n) is 3.89. The van der Waals surface area contributed by atoms with Crippen LogP contribution in [0.3, 0.4) is 0 Å². The van der Waals surface area contributed by atoms with Crippen molar-refractivity contribution in [2.75, 3.05) is 24.7 Å². The Bertz CT molecular complexity index is 360. The summed E-state index contributed by atoms with van der Waals surface area (Å²) in [5, 5.41) is 12.7. The van der Waals surface area contributed by atoms with Crippen LogP contribution in [0.15, 0.2) is 6.20 Å². The average Bonchev–Trinajstić information content (AvgIpc) is 2.54. The highest BCUT2D eigenvalue weighted by atomic mass is 16.4. The van der Waals surface area contributed by atoms with Crippen molar-refractivity contribution in [1.82, 2.24) is 9.78 Å². The number of nitrogens with two attached hydrogens (primary N) is 1. The predicted octanol–water partition coefficient (Wildman–Crippen LogP) is 0.786. The molecule has 0 saturated carbocycles. The third-order valence-electron chi connectivity index (χ3n) is 2.27. The zero-order chi connectivity index (χ0) is 12.1. The summed E-state index contributed by atoms with van der Waals surface area (Å²) in [6.45, 7) is 0.692. The highest BCUT2D eigenvalue weighted by Crippen LogP contribution is 2.20. The van der Waals surface area contributed by atoms with Gasteiger partial charge in [-0.25, -0.2) is 4.68 Å². The molecule has 1 aromatic heterocycles. The van der Waals surface area contributed by atoms with Gasteiger partial charge in [0.1, 0.15) is 5.82 Å². The van der Waals surface area contributed by atoms with E-state index in [1.807, 2.05) is 19.0 Å². The topological polar surface area (TPSA) is 84.4 Å². The molecule has 0 bridgehead atoms. The number of rotatable bonds is 6. The van der Waals surface area contributed by atoms with E-state index in [0.717, 1.165) is 12.2 Å². The number of aromatic nitrogens is 2. The van der Waals surface area contributed by atoms with E-state index < -0.39 is 5.97 Å². The van der Waals surface area contributed by atoms with Crippen LogP contribution in [0.4, 0.5) is 11.5 Å². The van der Waals surface area contributed by atoms with Crippen LogP contribution in [-0.2, 0) is 11.3 Å². The molecule has 0 aliphatic rings. The van der Waals surface area contributed by atoms with Gasteiger partial charge in [0.25, 0.3) is 0 Å². The first-order chi connectivity index (χ1) is 7.52. The fraction of sp³-hybridized carbons (Fsp3) is 0.600. The molecule has 6 heteroatoms. The van der Waals surface area contributed by atoms with Crippen LogP contribution in [0.5, 0.6) is 0 Å². The van der Waals surface area contributed by atoms with E-state index in [9.17, 15) is 4.79 Å². The lowest BCUT2D eigenvalue weighted by Crippen LogP contribution is -2.16. The molecular weight excluding hydrogens is 208 g/mol. The normalized spacial score (nSPS) is 10.4. The van der Waals surface area contributed by atoms with E-state index in [0.29, 0.717) is 18.7 Å². The molecule has 0 saturated heterocycles. The summed E-state index contributed by atoms with van der Waals surface area (Å²) in [5.41, 5.74) is 6.42. The minimum atomic E-state index is -0.757. The van der Waals surface area contributed by atoms with Gasteiger partial charge < -0.3 is 15.7 Å². The number of anilines is 2. The van der Waals surface area contributed by atoms with E-state index >= 15 is 0 Å². The van der Waals surface area contributed by atoms with Crippen molar-refractivity contribution in [2.24, 2.45) is 0 Å². The quantitative estimate of drug-likeness (QED) is 0.700. The number of carboxylic acids is 1. The molecule has 1 heterocycles. The number of hydrogen-bond acceptors (Lipinski definition) is 4. The summed E-state index contributed by atoms with van der Waals surface area (Å²) in [7, 11) is 3.81. The molecule has 0 atom stereocenters. The highest BCUT2D eigenvalue weighted by Gasteiger charge is 2.09. The van der Waals surface area contributed by atoms with Crippen molar-refractivity contribution in [1.29, 1.82) is 0 Å². The molecule has 0 radical (unpaired) electrons. The summed E-state index contributed by atoms with van der Waals surface area (Å²) in [5.74, 6) is 0.114. The molecule has 0 fully saturated rings. The summed E-state index contributed by atoms with van der Waals surface area (Å²) >= 11 is 0. The molecule has 0 aliphatic heterocycles. The number of nitrogens with zero attached hydrogens (tertiary/aromatic N) is 3. The van der Waals surface area contributed by atoms with Crippen LogP contribution in [-0.4, -0.2) is 35.0 Å². The molecule has 3 N–H and O–H groups in total. The van der Waals surface area contributed by atoms with Gasteiger partial charge in [0.15, 0.2) is 0 Å². The zero-order valence-corrected chi connectivity index (χ0v) is 9.68. The van der Waals surface area contributed by atoms with E-state index in [-0.39, 0.29) is 6.42 Å². The maximum atomic E-state index is 10.3. The monoisotopic (exact) mass is 226 g/mol. The molecule has 0 unspecified atom stereocenters. The second-order valence-corrected chi connectivity index (χ2v) is 3.89. The van der Waals surface area contributed by atoms with E-state index in [1.165, 1.54) is 0 Å². The number of carbonyl (C=O) groups is 1. The van der Waals surface area contributed by atoms with Crippen LogP contribution < -0.4 is 10.6 Å². The Hall–Kier alpha value is -1.72. The van der Waals surface area contributed by atoms with Gasteiger partial charge >= 0.3 is 5.97 Å². The van der Waals surface area contributed by atoms with E-state index in [2.05, 4.69) is 5.10 Å². The van der Waals surface area contributed by atoms with Gasteiger partial charge in [-0.1, -0.05) is 0 Å². The standard InChI is InChI=1S/C10H18N4O2/c1-13(2)10-8(11)7-12-14(10)6-4-3-5-9(15)16/h7H,3-6,11H2,1-2H3,(H,15,16). The number of aryl methyl sites for hydroxylation is 1. The molecule has 0 amide bonds. The fourth-order valence-electron chi connectivity index (χ4n) is 1.58. The Balaban J connectivity index is 2.51. The van der Waals surface area contributed by atoms with Crippen LogP contribution >= 0.6 is 0 Å². The molecule has 16 heavy (non-hydrogen) atoms. The molecule has 0 aromatic carbocycles. The second kappa shape index (κ2) is 5.39. The summed E-state index contributed by atoms with van der Waals surface area (Å²) in [6.07, 6.45) is 3.26. The maximum absolute atomic E-state index is 10.3. The smallest absolute Gasteiger partial charge is 0.303 e. The first-order valence-electron chi connectivity index (χ1n) is 5.22. The number of unbranched alkanes of at least 4 members (excludes halogenated alkanes) is 1. The molecule has 90 valence electrons. The lowest BCUT2D eigenvalue weighted by Gasteiger charge is -2.15. The SMILES string of the molecule is CN(C)c1c(N)cnn1CCCCC(=O)O. The number of aliphatic carboxylic acids is 1. The van der Waals surface area contributed by atoms with Gasteiger partial charge in [-0.05, 0) is 12.8 Å². The molecule has 0 aliphatic carbocycles. The van der Waals surface area contributed by atoms with Crippen LogP contribution in [0, 0.1) is 0 Å². The van der Waals surface area contributed by atoms with Gasteiger partial charge in [0.2, 0.25) is 0 Å². The Morgan fingerprint density at radius 3 is 2.81 bits per heavy atom. The first-order valence-corrected chi connectivity index (χ1v) is 5.22. The minimum Gasteiger partial charge on any atom is -0.481 e. The molecule has 1 rings (SSSR count). The van der Waals surface area contributed by atoms with Crippen LogP contribution in [0.2, 0.25) is 0 Å². The Labute approximate surface area is 94.6 Å². The van der Waals surface area contributed by atoms with Crippen molar-refractivity contribution in [2.45, 2.75) is 25.8 Å². The fourth-order valence-corrected chi connectivity index (χ4v) is 1.58. The van der Waals surface area contributed by atoms with Gasteiger partial charge in [-0.15, -0.1) is 0 Å². The van der Waals surface area contributed by atoms with Gasteiger partial charge in [-0.3, -0.25) is 4.79 Å². The van der Waals surface area contributed by atoms with Gasteiger partial charge in [-0.2, -0.15) is 5.10 Å². The molecule has 1 aromatic rings. The Kier molecular flexibility index (Phi) is 4.16. The zero-order valence-electron chi connectivity index (χ0n) is 9.68. The maximum Gasteiger partial charge on any atom is 0.303 e. The minimum absolute atomic E-state index is 0.202. The van der Waals surface area contributed by atoms with Crippen molar-refractivity contribution < 1.29 is 9.90 Å². The van der Waals surface area contributed by atoms with Gasteiger partial charge in [0.05, 0.1) is 11.9 Å². The lowest BCUT2D eigenvalue weighted by molar-refractivity contribution is -0.137. The Morgan fingerprint density at radius 1 is 1.56 bits per heavy atom. The summed E-state index contributed by atoms with van der Waals surface area (Å²) in [4.78, 5) is 12.2. The largest absolute Gasteiger partial charge is 0.481 e.